The number of aromatic nitrogens is 1. The van der Waals surface area contributed by atoms with Gasteiger partial charge in [-0.15, -0.1) is 0 Å². The number of amides is 1. The molecule has 2 heterocycles. The van der Waals surface area contributed by atoms with Crippen LogP contribution in [0.4, 0.5) is 11.4 Å². The molecule has 1 aromatic heterocycles. The predicted octanol–water partition coefficient (Wildman–Crippen LogP) is 1.91. The Labute approximate surface area is 177 Å². The summed E-state index contributed by atoms with van der Waals surface area (Å²) >= 11 is 0. The van der Waals surface area contributed by atoms with Gasteiger partial charge in [0.25, 0.3) is 16.8 Å². The van der Waals surface area contributed by atoms with Crippen molar-refractivity contribution in [2.24, 2.45) is 0 Å². The highest BCUT2D eigenvalue weighted by Crippen LogP contribution is 2.26. The lowest BCUT2D eigenvalue weighted by atomic mass is 9.96. The van der Waals surface area contributed by atoms with Gasteiger partial charge in [0.05, 0.1) is 11.1 Å². The summed E-state index contributed by atoms with van der Waals surface area (Å²) in [6, 6.07) is 15.6. The van der Waals surface area contributed by atoms with Gasteiger partial charge in [-0.1, -0.05) is 36.4 Å². The molecule has 3 N–H and O–H groups in total. The summed E-state index contributed by atoms with van der Waals surface area (Å²) in [5.41, 5.74) is 9.59. The van der Waals surface area contributed by atoms with Crippen LogP contribution >= 0.6 is 0 Å². The second-order valence-corrected chi connectivity index (χ2v) is 7.79. The van der Waals surface area contributed by atoms with Crippen molar-refractivity contribution >= 4 is 28.2 Å². The monoisotopic (exact) mass is 412 g/mol. The molecule has 0 aliphatic carbocycles. The van der Waals surface area contributed by atoms with Crippen LogP contribution in [0.3, 0.4) is 0 Å². The second kappa shape index (κ2) is 7.36. The molecule has 1 amide bonds. The van der Waals surface area contributed by atoms with Gasteiger partial charge in [-0.05, 0) is 35.2 Å². The number of carbonyl (C=O) groups excluding carboxylic acids is 1. The standard InChI is InChI=1S/C24H20N4O3/c25-20-21(23(30)22(20)29)28-8-7-15-6-5-14(9-18(15)13-28)11-27-24(31)17-10-16-3-1-2-4-19(16)26-12-17/h1-6,9-10,12H,7-8,11,13,25H2,(H,27,31). The average molecular weight is 412 g/mol. The minimum atomic E-state index is -0.597. The molecule has 0 unspecified atom stereocenters. The van der Waals surface area contributed by atoms with Crippen LogP contribution in [0.1, 0.15) is 27.0 Å². The first-order valence-corrected chi connectivity index (χ1v) is 10.1. The van der Waals surface area contributed by atoms with Crippen molar-refractivity contribution in [1.82, 2.24) is 10.3 Å². The molecule has 0 fully saturated rings. The van der Waals surface area contributed by atoms with Gasteiger partial charge in [-0.3, -0.25) is 19.4 Å². The smallest absolute Gasteiger partial charge is 0.253 e. The normalized spacial score (nSPS) is 13.4. The number of nitrogens with zero attached hydrogens (tertiary/aromatic N) is 2. The highest BCUT2D eigenvalue weighted by Gasteiger charge is 2.26. The molecular formula is C24H20N4O3. The summed E-state index contributed by atoms with van der Waals surface area (Å²) in [6.45, 7) is 1.54. The lowest BCUT2D eigenvalue weighted by Gasteiger charge is -2.32. The zero-order valence-corrected chi connectivity index (χ0v) is 16.7. The molecule has 4 aromatic rings. The summed E-state index contributed by atoms with van der Waals surface area (Å²) in [5.74, 6) is -0.186. The SMILES string of the molecule is Nc1c(N2CCc3ccc(CNC(=O)c4cnc5ccccc5c4)cc3C2)c(=O)c1=O. The van der Waals surface area contributed by atoms with Crippen molar-refractivity contribution in [2.75, 3.05) is 17.2 Å². The third-order valence-corrected chi connectivity index (χ3v) is 5.83. The number of anilines is 2. The molecule has 0 saturated carbocycles. The van der Waals surface area contributed by atoms with Crippen LogP contribution in [0.15, 0.2) is 64.3 Å². The molecule has 3 aromatic carbocycles. The summed E-state index contributed by atoms with van der Waals surface area (Å²) in [7, 11) is 0. The van der Waals surface area contributed by atoms with E-state index < -0.39 is 10.9 Å². The highest BCUT2D eigenvalue weighted by molar-refractivity contribution is 5.97. The fourth-order valence-electron chi connectivity index (χ4n) is 4.10. The van der Waals surface area contributed by atoms with Gasteiger partial charge in [0.2, 0.25) is 0 Å². The lowest BCUT2D eigenvalue weighted by molar-refractivity contribution is 0.0950. The number of benzene rings is 2. The first-order chi connectivity index (χ1) is 15.0. The number of para-hydroxylation sites is 1. The van der Waals surface area contributed by atoms with Gasteiger partial charge in [0.1, 0.15) is 11.4 Å². The number of nitrogens with one attached hydrogen (secondary N) is 1. The Morgan fingerprint density at radius 2 is 1.90 bits per heavy atom. The Morgan fingerprint density at radius 1 is 1.06 bits per heavy atom. The largest absolute Gasteiger partial charge is 0.394 e. The highest BCUT2D eigenvalue weighted by atomic mass is 16.2. The van der Waals surface area contributed by atoms with E-state index in [2.05, 4.69) is 16.4 Å². The first kappa shape index (κ1) is 19.0. The van der Waals surface area contributed by atoms with E-state index in [9.17, 15) is 14.4 Å². The van der Waals surface area contributed by atoms with Crippen LogP contribution in [-0.4, -0.2) is 17.4 Å². The Bertz CT molecular complexity index is 1400. The lowest BCUT2D eigenvalue weighted by Crippen LogP contribution is -2.44. The maximum atomic E-state index is 12.6. The molecule has 1 aliphatic heterocycles. The number of hydrogen-bond acceptors (Lipinski definition) is 6. The zero-order valence-electron chi connectivity index (χ0n) is 16.7. The van der Waals surface area contributed by atoms with Gasteiger partial charge < -0.3 is 16.0 Å². The van der Waals surface area contributed by atoms with E-state index in [1.807, 2.05) is 47.4 Å². The summed E-state index contributed by atoms with van der Waals surface area (Å²) < 4.78 is 0. The van der Waals surface area contributed by atoms with Crippen LogP contribution in [0.5, 0.6) is 0 Å². The van der Waals surface area contributed by atoms with Gasteiger partial charge >= 0.3 is 0 Å². The Morgan fingerprint density at radius 3 is 2.74 bits per heavy atom. The minimum Gasteiger partial charge on any atom is -0.394 e. The summed E-state index contributed by atoms with van der Waals surface area (Å²) in [4.78, 5) is 42.1. The molecule has 0 spiro atoms. The Kier molecular flexibility index (Phi) is 4.51. The first-order valence-electron chi connectivity index (χ1n) is 10.1. The molecule has 0 atom stereocenters. The number of pyridine rings is 1. The maximum absolute atomic E-state index is 12.6. The second-order valence-electron chi connectivity index (χ2n) is 7.79. The maximum Gasteiger partial charge on any atom is 0.253 e. The van der Waals surface area contributed by atoms with Crippen molar-refractivity contribution < 1.29 is 4.79 Å². The fourth-order valence-corrected chi connectivity index (χ4v) is 4.10. The van der Waals surface area contributed by atoms with Crippen molar-refractivity contribution in [1.29, 1.82) is 0 Å². The van der Waals surface area contributed by atoms with Gasteiger partial charge in [0.15, 0.2) is 0 Å². The Balaban J connectivity index is 1.30. The fraction of sp³-hybridized carbons (Fsp3) is 0.167. The topological polar surface area (TPSA) is 105 Å². The third-order valence-electron chi connectivity index (χ3n) is 5.83. The Hall–Kier alpha value is -4.00. The number of rotatable bonds is 4. The van der Waals surface area contributed by atoms with E-state index in [4.69, 9.17) is 5.73 Å². The van der Waals surface area contributed by atoms with E-state index in [1.165, 1.54) is 5.56 Å². The number of hydrogen-bond donors (Lipinski definition) is 2. The van der Waals surface area contributed by atoms with Crippen LogP contribution in [0.2, 0.25) is 0 Å². The average Bonchev–Trinajstić information content (AvgIpc) is 2.81. The van der Waals surface area contributed by atoms with Crippen molar-refractivity contribution in [3.8, 4) is 0 Å². The van der Waals surface area contributed by atoms with E-state index in [0.717, 1.165) is 28.5 Å². The molecule has 5 rings (SSSR count). The summed E-state index contributed by atoms with van der Waals surface area (Å²) in [6.07, 6.45) is 2.35. The molecule has 0 saturated heterocycles. The molecule has 1 aliphatic rings. The number of nitrogens with two attached hydrogens (primary N) is 1. The molecule has 7 heteroatoms. The quantitative estimate of drug-likeness (QED) is 0.496. The molecular weight excluding hydrogens is 392 g/mol. The molecule has 31 heavy (non-hydrogen) atoms. The molecule has 154 valence electrons. The van der Waals surface area contributed by atoms with Gasteiger partial charge in [0, 0.05) is 31.2 Å². The van der Waals surface area contributed by atoms with Crippen LogP contribution < -0.4 is 26.8 Å². The number of nitrogen functional groups attached to an aromatic ring is 1. The van der Waals surface area contributed by atoms with Crippen LogP contribution in [-0.2, 0) is 19.5 Å². The zero-order chi connectivity index (χ0) is 21.5. The van der Waals surface area contributed by atoms with E-state index >= 15 is 0 Å². The van der Waals surface area contributed by atoms with Crippen molar-refractivity contribution in [3.63, 3.8) is 0 Å². The van der Waals surface area contributed by atoms with E-state index in [-0.39, 0.29) is 11.6 Å². The molecule has 0 radical (unpaired) electrons. The van der Waals surface area contributed by atoms with Crippen LogP contribution in [0, 0.1) is 0 Å². The number of carbonyl (C=O) groups is 1. The molecule has 7 nitrogen and oxygen atoms in total. The number of fused-ring (bicyclic) bond motifs is 2. The van der Waals surface area contributed by atoms with Gasteiger partial charge in [-0.25, -0.2) is 0 Å². The minimum absolute atomic E-state index is 0.0564. The predicted molar refractivity (Wildman–Crippen MR) is 120 cm³/mol. The van der Waals surface area contributed by atoms with Gasteiger partial charge in [-0.2, -0.15) is 0 Å². The summed E-state index contributed by atoms with van der Waals surface area (Å²) in [5, 5.41) is 3.86. The third kappa shape index (κ3) is 3.34. The van der Waals surface area contributed by atoms with E-state index in [1.54, 1.807) is 6.20 Å². The van der Waals surface area contributed by atoms with E-state index in [0.29, 0.717) is 30.9 Å². The molecule has 0 bridgehead atoms. The van der Waals surface area contributed by atoms with Crippen molar-refractivity contribution in [3.05, 3.63) is 97.4 Å². The van der Waals surface area contributed by atoms with Crippen molar-refractivity contribution in [2.45, 2.75) is 19.5 Å². The van der Waals surface area contributed by atoms with Crippen LogP contribution in [0.25, 0.3) is 10.9 Å².